The first-order chi connectivity index (χ1) is 9.24. The summed E-state index contributed by atoms with van der Waals surface area (Å²) >= 11 is 0. The van der Waals surface area contributed by atoms with Crippen LogP contribution >= 0.6 is 0 Å². The van der Waals surface area contributed by atoms with E-state index in [9.17, 15) is 0 Å². The number of nitrogens with zero attached hydrogens (tertiary/aromatic N) is 2. The van der Waals surface area contributed by atoms with Gasteiger partial charge in [-0.25, -0.2) is 0 Å². The molecule has 1 aromatic carbocycles. The molecule has 2 rings (SSSR count). The van der Waals surface area contributed by atoms with Crippen molar-refractivity contribution in [1.29, 1.82) is 0 Å². The van der Waals surface area contributed by atoms with Crippen molar-refractivity contribution in [3.63, 3.8) is 0 Å². The molecule has 1 aliphatic rings. The van der Waals surface area contributed by atoms with Gasteiger partial charge in [0.1, 0.15) is 0 Å². The number of benzene rings is 1. The molecule has 1 unspecified atom stereocenters. The second-order valence-corrected chi connectivity index (χ2v) is 5.09. The Kier molecular flexibility index (Phi) is 4.80. The summed E-state index contributed by atoms with van der Waals surface area (Å²) in [7, 11) is 1.91. The van der Waals surface area contributed by atoms with Gasteiger partial charge in [0.05, 0.1) is 11.4 Å². The molecule has 0 aromatic heterocycles. The first kappa shape index (κ1) is 13.9. The molecule has 0 bridgehead atoms. The Morgan fingerprint density at radius 2 is 2.32 bits per heavy atom. The summed E-state index contributed by atoms with van der Waals surface area (Å²) < 4.78 is 0. The van der Waals surface area contributed by atoms with Gasteiger partial charge >= 0.3 is 0 Å². The van der Waals surface area contributed by atoms with E-state index in [2.05, 4.69) is 46.3 Å². The predicted octanol–water partition coefficient (Wildman–Crippen LogP) is 2.96. The van der Waals surface area contributed by atoms with Crippen molar-refractivity contribution in [2.24, 2.45) is 4.99 Å². The molecule has 0 spiro atoms. The number of aliphatic imine (C=N–C) groups is 1. The molecule has 0 amide bonds. The maximum atomic E-state index is 4.08. The maximum Gasteiger partial charge on any atom is 0.0874 e. The minimum absolute atomic E-state index is 0.727. The molecule has 0 radical (unpaired) electrons. The van der Waals surface area contributed by atoms with E-state index in [1.807, 2.05) is 13.1 Å². The van der Waals surface area contributed by atoms with Gasteiger partial charge in [0.2, 0.25) is 0 Å². The van der Waals surface area contributed by atoms with Crippen LogP contribution < -0.4 is 10.6 Å². The van der Waals surface area contributed by atoms with Crippen molar-refractivity contribution in [1.82, 2.24) is 4.90 Å². The van der Waals surface area contributed by atoms with E-state index < -0.39 is 0 Å². The largest absolute Gasteiger partial charge is 0.388 e. The quantitative estimate of drug-likeness (QED) is 0.773. The summed E-state index contributed by atoms with van der Waals surface area (Å²) in [6.07, 6.45) is 2.66. The van der Waals surface area contributed by atoms with Crippen LogP contribution in [-0.4, -0.2) is 44.3 Å². The number of nitrogens with one attached hydrogen (secondary N) is 2. The highest BCUT2D eigenvalue weighted by Crippen LogP contribution is 2.27. The molecule has 4 heteroatoms. The second kappa shape index (κ2) is 6.57. The minimum Gasteiger partial charge on any atom is -0.388 e. The first-order valence-electron chi connectivity index (χ1n) is 7.01. The number of hydrogen-bond acceptors (Lipinski definition) is 4. The van der Waals surface area contributed by atoms with E-state index in [4.69, 9.17) is 0 Å². The van der Waals surface area contributed by atoms with Crippen molar-refractivity contribution in [2.45, 2.75) is 25.8 Å². The molecule has 1 aromatic rings. The third-order valence-electron chi connectivity index (χ3n) is 3.86. The average Bonchev–Trinajstić information content (AvgIpc) is 2.84. The fourth-order valence-corrected chi connectivity index (χ4v) is 2.63. The molecule has 1 saturated heterocycles. The molecule has 2 N–H and O–H groups in total. The molecule has 104 valence electrons. The van der Waals surface area contributed by atoms with Crippen LogP contribution in [0.3, 0.4) is 0 Å². The number of rotatable bonds is 6. The first-order valence-corrected chi connectivity index (χ1v) is 7.01. The summed E-state index contributed by atoms with van der Waals surface area (Å²) in [5.74, 6) is 0. The van der Waals surface area contributed by atoms with Gasteiger partial charge < -0.3 is 10.6 Å². The van der Waals surface area contributed by atoms with Gasteiger partial charge in [-0.2, -0.15) is 0 Å². The summed E-state index contributed by atoms with van der Waals surface area (Å²) in [5.41, 5.74) is 3.02. The van der Waals surface area contributed by atoms with E-state index in [1.165, 1.54) is 19.4 Å². The topological polar surface area (TPSA) is 39.7 Å². The van der Waals surface area contributed by atoms with Crippen LogP contribution in [0.25, 0.3) is 0 Å². The van der Waals surface area contributed by atoms with Crippen molar-refractivity contribution >= 4 is 23.8 Å². The smallest absolute Gasteiger partial charge is 0.0874 e. The normalized spacial score (nSPS) is 19.4. The lowest BCUT2D eigenvalue weighted by atomic mass is 10.2. The van der Waals surface area contributed by atoms with Gasteiger partial charge in [0.15, 0.2) is 0 Å². The van der Waals surface area contributed by atoms with E-state index in [1.54, 1.807) is 0 Å². The molecule has 1 fully saturated rings. The van der Waals surface area contributed by atoms with E-state index in [0.717, 1.165) is 36.2 Å². The average molecular weight is 260 g/mol. The Labute approximate surface area is 115 Å². The summed E-state index contributed by atoms with van der Waals surface area (Å²) in [5, 5.41) is 6.57. The Bertz CT molecular complexity index is 430. The van der Waals surface area contributed by atoms with Gasteiger partial charge in [-0.05, 0) is 51.2 Å². The third-order valence-corrected chi connectivity index (χ3v) is 3.86. The Morgan fingerprint density at radius 3 is 2.95 bits per heavy atom. The number of hydrogen-bond donors (Lipinski definition) is 2. The molecule has 0 aliphatic carbocycles. The van der Waals surface area contributed by atoms with Gasteiger partial charge in [0, 0.05) is 31.9 Å². The third kappa shape index (κ3) is 3.47. The molecule has 4 nitrogen and oxygen atoms in total. The summed E-state index contributed by atoms with van der Waals surface area (Å²) in [4.78, 5) is 6.62. The fourth-order valence-electron chi connectivity index (χ4n) is 2.63. The van der Waals surface area contributed by atoms with Crippen molar-refractivity contribution in [2.75, 3.05) is 37.3 Å². The van der Waals surface area contributed by atoms with Crippen LogP contribution in [0.5, 0.6) is 0 Å². The zero-order valence-electron chi connectivity index (χ0n) is 11.9. The molecule has 0 saturated carbocycles. The van der Waals surface area contributed by atoms with Crippen LogP contribution in [0, 0.1) is 0 Å². The molecule has 1 heterocycles. The van der Waals surface area contributed by atoms with Gasteiger partial charge in [-0.1, -0.05) is 0 Å². The van der Waals surface area contributed by atoms with Crippen LogP contribution in [0.4, 0.5) is 17.1 Å². The minimum atomic E-state index is 0.727. The number of likely N-dealkylation sites (tertiary alicyclic amines) is 1. The molecule has 1 aliphatic heterocycles. The second-order valence-electron chi connectivity index (χ2n) is 5.09. The lowest BCUT2D eigenvalue weighted by Gasteiger charge is -2.21. The van der Waals surface area contributed by atoms with Crippen molar-refractivity contribution in [3.8, 4) is 0 Å². The Balaban J connectivity index is 1.90. The lowest BCUT2D eigenvalue weighted by molar-refractivity contribution is 0.279. The highest BCUT2D eigenvalue weighted by atomic mass is 15.2. The Hall–Kier alpha value is -1.55. The summed E-state index contributed by atoms with van der Waals surface area (Å²) in [6, 6.07) is 6.84. The molecule has 1 atom stereocenters. The molecular formula is C15H24N4. The van der Waals surface area contributed by atoms with Crippen LogP contribution in [0.1, 0.15) is 19.8 Å². The van der Waals surface area contributed by atoms with Crippen LogP contribution in [-0.2, 0) is 0 Å². The SMILES string of the molecule is C=Nc1cc(NC)ccc1NCCN1CCCC1C. The Morgan fingerprint density at radius 1 is 1.47 bits per heavy atom. The van der Waals surface area contributed by atoms with Crippen LogP contribution in [0.2, 0.25) is 0 Å². The lowest BCUT2D eigenvalue weighted by Crippen LogP contribution is -2.31. The van der Waals surface area contributed by atoms with Gasteiger partial charge in [-0.3, -0.25) is 9.89 Å². The van der Waals surface area contributed by atoms with Gasteiger partial charge in [0.25, 0.3) is 0 Å². The zero-order valence-corrected chi connectivity index (χ0v) is 11.9. The highest BCUT2D eigenvalue weighted by molar-refractivity contribution is 5.72. The van der Waals surface area contributed by atoms with E-state index >= 15 is 0 Å². The van der Waals surface area contributed by atoms with Crippen LogP contribution in [0.15, 0.2) is 23.2 Å². The predicted molar refractivity (Wildman–Crippen MR) is 84.0 cm³/mol. The monoisotopic (exact) mass is 260 g/mol. The maximum absolute atomic E-state index is 4.08. The zero-order chi connectivity index (χ0) is 13.7. The van der Waals surface area contributed by atoms with Gasteiger partial charge in [-0.15, -0.1) is 0 Å². The number of anilines is 2. The standard InChI is InChI=1S/C15H24N4/c1-12-5-4-9-19(12)10-8-18-14-7-6-13(16-2)11-15(14)17-3/h6-7,11-12,16,18H,3-5,8-10H2,1-2H3. The molecular weight excluding hydrogens is 236 g/mol. The fraction of sp³-hybridized carbons (Fsp3) is 0.533. The molecule has 19 heavy (non-hydrogen) atoms. The summed E-state index contributed by atoms with van der Waals surface area (Å²) in [6.45, 7) is 9.22. The van der Waals surface area contributed by atoms with Crippen molar-refractivity contribution in [3.05, 3.63) is 18.2 Å². The van der Waals surface area contributed by atoms with E-state index in [0.29, 0.717) is 0 Å². The van der Waals surface area contributed by atoms with Crippen molar-refractivity contribution < 1.29 is 0 Å². The highest BCUT2D eigenvalue weighted by Gasteiger charge is 2.19. The van der Waals surface area contributed by atoms with E-state index in [-0.39, 0.29) is 0 Å².